The Morgan fingerprint density at radius 3 is 2.58 bits per heavy atom. The van der Waals surface area contributed by atoms with E-state index in [1.165, 1.54) is 6.07 Å². The summed E-state index contributed by atoms with van der Waals surface area (Å²) in [5.41, 5.74) is 3.09. The predicted molar refractivity (Wildman–Crippen MR) is 85.1 cm³/mol. The Bertz CT molecular complexity index is 951. The lowest BCUT2D eigenvalue weighted by Gasteiger charge is -2.00. The van der Waals surface area contributed by atoms with E-state index >= 15 is 0 Å². The minimum absolute atomic E-state index is 0. The van der Waals surface area contributed by atoms with Crippen molar-refractivity contribution in [2.45, 2.75) is 6.54 Å². The second-order valence-electron chi connectivity index (χ2n) is 5.34. The van der Waals surface area contributed by atoms with Gasteiger partial charge in [-0.3, -0.25) is 0 Å². The van der Waals surface area contributed by atoms with E-state index in [1.807, 2.05) is 59.4 Å². The largest absolute Gasteiger partial charge is 1.00 e. The average molecular weight is 385 g/mol. The van der Waals surface area contributed by atoms with Crippen LogP contribution in [0.1, 0.15) is 5.56 Å². The molecule has 0 fully saturated rings. The number of benzene rings is 2. The standard InChI is InChI=1S/C19H14FN2O.BrH/c20-16-8-2-1-6-14(16)12-22-11-5-7-15(13-22)19-21-17-9-3-4-10-18(17)23-19;/h1-11,13H,12H2;1H/q+1;/p-1. The van der Waals surface area contributed by atoms with Gasteiger partial charge < -0.3 is 21.4 Å². The zero-order valence-electron chi connectivity index (χ0n) is 12.7. The Labute approximate surface area is 149 Å². The van der Waals surface area contributed by atoms with E-state index in [4.69, 9.17) is 4.42 Å². The molecule has 0 spiro atoms. The van der Waals surface area contributed by atoms with Crippen LogP contribution in [0.25, 0.3) is 22.6 Å². The monoisotopic (exact) mass is 384 g/mol. The van der Waals surface area contributed by atoms with Crippen LogP contribution >= 0.6 is 0 Å². The maximum absolute atomic E-state index is 13.8. The maximum atomic E-state index is 13.8. The molecule has 5 heteroatoms. The number of rotatable bonds is 3. The number of aromatic nitrogens is 2. The van der Waals surface area contributed by atoms with Crippen LogP contribution in [0.15, 0.2) is 77.5 Å². The zero-order valence-corrected chi connectivity index (χ0v) is 14.3. The molecule has 0 unspecified atom stereocenters. The minimum Gasteiger partial charge on any atom is -1.00 e. The van der Waals surface area contributed by atoms with Crippen LogP contribution in [-0.4, -0.2) is 4.98 Å². The van der Waals surface area contributed by atoms with Gasteiger partial charge in [0.05, 0.1) is 5.56 Å². The minimum atomic E-state index is -0.202. The number of nitrogens with zero attached hydrogens (tertiary/aromatic N) is 2. The van der Waals surface area contributed by atoms with Gasteiger partial charge in [0.25, 0.3) is 0 Å². The van der Waals surface area contributed by atoms with Crippen LogP contribution in [0.4, 0.5) is 4.39 Å². The first kappa shape index (κ1) is 16.3. The van der Waals surface area contributed by atoms with E-state index in [0.29, 0.717) is 18.0 Å². The number of oxazole rings is 1. The fraction of sp³-hybridized carbons (Fsp3) is 0.0526. The Morgan fingerprint density at radius 2 is 1.75 bits per heavy atom. The molecule has 0 atom stereocenters. The van der Waals surface area contributed by atoms with Crippen molar-refractivity contribution in [1.82, 2.24) is 4.98 Å². The topological polar surface area (TPSA) is 29.9 Å². The SMILES string of the molecule is Fc1ccccc1C[n+]1cccc(-c2nc3ccccc3o2)c1.[Br-]. The molecule has 2 heterocycles. The second kappa shape index (κ2) is 6.93. The zero-order chi connectivity index (χ0) is 15.6. The van der Waals surface area contributed by atoms with Gasteiger partial charge in [0.2, 0.25) is 5.89 Å². The molecule has 0 saturated carbocycles. The van der Waals surface area contributed by atoms with Crippen molar-refractivity contribution in [3.8, 4) is 11.5 Å². The Hall–Kier alpha value is -2.53. The van der Waals surface area contributed by atoms with Gasteiger partial charge in [-0.2, -0.15) is 4.57 Å². The number of hydrogen-bond acceptors (Lipinski definition) is 2. The summed E-state index contributed by atoms with van der Waals surface area (Å²) in [7, 11) is 0. The van der Waals surface area contributed by atoms with Crippen LogP contribution in [0.5, 0.6) is 0 Å². The first-order valence-corrected chi connectivity index (χ1v) is 7.38. The summed E-state index contributed by atoms with van der Waals surface area (Å²) in [6.07, 6.45) is 3.82. The van der Waals surface area contributed by atoms with Crippen molar-refractivity contribution in [3.63, 3.8) is 0 Å². The molecule has 3 nitrogen and oxygen atoms in total. The van der Waals surface area contributed by atoms with Crippen molar-refractivity contribution in [2.24, 2.45) is 0 Å². The van der Waals surface area contributed by atoms with E-state index in [1.54, 1.807) is 12.1 Å². The number of pyridine rings is 1. The highest BCUT2D eigenvalue weighted by atomic mass is 79.9. The van der Waals surface area contributed by atoms with Crippen molar-refractivity contribution in [3.05, 3.63) is 84.4 Å². The molecule has 0 saturated heterocycles. The predicted octanol–water partition coefficient (Wildman–Crippen LogP) is 0.974. The van der Waals surface area contributed by atoms with Gasteiger partial charge in [-0.25, -0.2) is 9.37 Å². The first-order valence-electron chi connectivity index (χ1n) is 7.38. The summed E-state index contributed by atoms with van der Waals surface area (Å²) >= 11 is 0. The third kappa shape index (κ3) is 3.21. The highest BCUT2D eigenvalue weighted by molar-refractivity contribution is 5.75. The third-order valence-corrected chi connectivity index (χ3v) is 3.71. The lowest BCUT2D eigenvalue weighted by molar-refractivity contribution is -0.688. The fourth-order valence-corrected chi connectivity index (χ4v) is 2.57. The molecule has 24 heavy (non-hydrogen) atoms. The van der Waals surface area contributed by atoms with Crippen molar-refractivity contribution >= 4 is 11.1 Å². The molecule has 0 aliphatic carbocycles. The lowest BCUT2D eigenvalue weighted by Crippen LogP contribution is -3.00. The Balaban J connectivity index is 0.00000169. The molecule has 4 rings (SSSR count). The molecule has 0 aliphatic heterocycles. The number of hydrogen-bond donors (Lipinski definition) is 0. The molecule has 120 valence electrons. The van der Waals surface area contributed by atoms with E-state index < -0.39 is 0 Å². The molecule has 0 aliphatic rings. The van der Waals surface area contributed by atoms with Gasteiger partial charge in [0, 0.05) is 6.07 Å². The molecular weight excluding hydrogens is 371 g/mol. The van der Waals surface area contributed by atoms with Crippen LogP contribution in [0, 0.1) is 5.82 Å². The van der Waals surface area contributed by atoms with E-state index in [2.05, 4.69) is 4.98 Å². The first-order chi connectivity index (χ1) is 11.3. The highest BCUT2D eigenvalue weighted by Gasteiger charge is 2.13. The molecule has 0 N–H and O–H groups in total. The van der Waals surface area contributed by atoms with Gasteiger partial charge in [-0.1, -0.05) is 24.3 Å². The Morgan fingerprint density at radius 1 is 0.958 bits per heavy atom. The second-order valence-corrected chi connectivity index (χ2v) is 5.34. The molecule has 2 aromatic heterocycles. The van der Waals surface area contributed by atoms with E-state index in [0.717, 1.165) is 16.7 Å². The molecule has 2 aromatic carbocycles. The molecular formula is C19H14BrFN2O. The van der Waals surface area contributed by atoms with Crippen LogP contribution < -0.4 is 21.5 Å². The summed E-state index contributed by atoms with van der Waals surface area (Å²) in [6.45, 7) is 0.459. The number of halogens is 2. The van der Waals surface area contributed by atoms with Gasteiger partial charge in [0.15, 0.2) is 24.5 Å². The highest BCUT2D eigenvalue weighted by Crippen LogP contribution is 2.22. The van der Waals surface area contributed by atoms with E-state index in [-0.39, 0.29) is 22.8 Å². The van der Waals surface area contributed by atoms with Gasteiger partial charge >= 0.3 is 0 Å². The summed E-state index contributed by atoms with van der Waals surface area (Å²) in [4.78, 5) is 4.49. The van der Waals surface area contributed by atoms with E-state index in [9.17, 15) is 4.39 Å². The van der Waals surface area contributed by atoms with Crippen molar-refractivity contribution in [1.29, 1.82) is 0 Å². The molecule has 0 bridgehead atoms. The molecule has 0 amide bonds. The van der Waals surface area contributed by atoms with Crippen LogP contribution in [0.3, 0.4) is 0 Å². The van der Waals surface area contributed by atoms with Crippen LogP contribution in [0.2, 0.25) is 0 Å². The number of fused-ring (bicyclic) bond motifs is 1. The van der Waals surface area contributed by atoms with Crippen molar-refractivity contribution in [2.75, 3.05) is 0 Å². The summed E-state index contributed by atoms with van der Waals surface area (Å²) < 4.78 is 21.5. The summed E-state index contributed by atoms with van der Waals surface area (Å²) in [6, 6.07) is 18.3. The van der Waals surface area contributed by atoms with Crippen molar-refractivity contribution < 1.29 is 30.4 Å². The summed E-state index contributed by atoms with van der Waals surface area (Å²) in [5, 5.41) is 0. The molecule has 0 radical (unpaired) electrons. The maximum Gasteiger partial charge on any atom is 0.233 e. The van der Waals surface area contributed by atoms with Gasteiger partial charge in [-0.15, -0.1) is 0 Å². The van der Waals surface area contributed by atoms with Gasteiger partial charge in [0.1, 0.15) is 16.9 Å². The van der Waals surface area contributed by atoms with Gasteiger partial charge in [-0.05, 0) is 30.3 Å². The number of para-hydroxylation sites is 2. The quantitative estimate of drug-likeness (QED) is 0.492. The summed E-state index contributed by atoms with van der Waals surface area (Å²) in [5.74, 6) is 0.362. The fourth-order valence-electron chi connectivity index (χ4n) is 2.57. The molecule has 4 aromatic rings. The third-order valence-electron chi connectivity index (χ3n) is 3.71. The van der Waals surface area contributed by atoms with Crippen LogP contribution in [-0.2, 0) is 6.54 Å². The normalized spacial score (nSPS) is 10.5. The Kier molecular flexibility index (Phi) is 4.71. The average Bonchev–Trinajstić information content (AvgIpc) is 3.01. The lowest BCUT2D eigenvalue weighted by atomic mass is 10.2. The smallest absolute Gasteiger partial charge is 0.233 e.